The van der Waals surface area contributed by atoms with E-state index in [-0.39, 0.29) is 12.4 Å². The maximum atomic E-state index is 13.6. The molecule has 2 aromatic carbocycles. The van der Waals surface area contributed by atoms with Crippen molar-refractivity contribution in [2.75, 3.05) is 0 Å². The maximum absolute atomic E-state index is 13.6. The first kappa shape index (κ1) is 12.3. The zero-order chi connectivity index (χ0) is 12.3. The number of hydrogen-bond acceptors (Lipinski definition) is 2. The van der Waals surface area contributed by atoms with Crippen LogP contribution < -0.4 is 4.74 Å². The minimum Gasteiger partial charge on any atom is -0.453 e. The van der Waals surface area contributed by atoms with Crippen LogP contribution in [0.4, 0.5) is 4.39 Å². The summed E-state index contributed by atoms with van der Waals surface area (Å²) in [7, 11) is 0. The van der Waals surface area contributed by atoms with Gasteiger partial charge in [-0.15, -0.1) is 0 Å². The zero-order valence-electron chi connectivity index (χ0n) is 8.86. The standard InChI is InChI=1S/C13H10FIO2/c14-10-5-3-4-9(8-16)13(10)17-12-7-2-1-6-11(12)15/h1-7,16H,8H2. The van der Waals surface area contributed by atoms with Crippen LogP contribution in [0.15, 0.2) is 42.5 Å². The highest BCUT2D eigenvalue weighted by molar-refractivity contribution is 14.1. The van der Waals surface area contributed by atoms with Crippen molar-refractivity contribution < 1.29 is 14.2 Å². The molecule has 1 N–H and O–H groups in total. The summed E-state index contributed by atoms with van der Waals surface area (Å²) in [6.07, 6.45) is 0. The van der Waals surface area contributed by atoms with Gasteiger partial charge >= 0.3 is 0 Å². The fourth-order valence-electron chi connectivity index (χ4n) is 1.43. The lowest BCUT2D eigenvalue weighted by atomic mass is 10.2. The average Bonchev–Trinajstić information content (AvgIpc) is 2.34. The van der Waals surface area contributed by atoms with Crippen LogP contribution in [0, 0.1) is 9.39 Å². The summed E-state index contributed by atoms with van der Waals surface area (Å²) in [5, 5.41) is 9.14. The second-order valence-electron chi connectivity index (χ2n) is 3.42. The summed E-state index contributed by atoms with van der Waals surface area (Å²) >= 11 is 2.11. The van der Waals surface area contributed by atoms with Gasteiger partial charge in [0.05, 0.1) is 10.2 Å². The lowest BCUT2D eigenvalue weighted by Crippen LogP contribution is -1.96. The Morgan fingerprint density at radius 2 is 1.88 bits per heavy atom. The first-order valence-corrected chi connectivity index (χ1v) is 6.11. The monoisotopic (exact) mass is 344 g/mol. The molecule has 0 aromatic heterocycles. The summed E-state index contributed by atoms with van der Waals surface area (Å²) in [6.45, 7) is -0.253. The molecule has 17 heavy (non-hydrogen) atoms. The number of para-hydroxylation sites is 2. The van der Waals surface area contributed by atoms with Gasteiger partial charge in [-0.05, 0) is 40.8 Å². The fourth-order valence-corrected chi connectivity index (χ4v) is 1.93. The maximum Gasteiger partial charge on any atom is 0.168 e. The van der Waals surface area contributed by atoms with Gasteiger partial charge in [0.1, 0.15) is 5.75 Å². The number of aliphatic hydroxyl groups excluding tert-OH is 1. The number of hydrogen-bond donors (Lipinski definition) is 1. The van der Waals surface area contributed by atoms with Gasteiger partial charge in [0.25, 0.3) is 0 Å². The summed E-state index contributed by atoms with van der Waals surface area (Å²) in [5.41, 5.74) is 0.435. The van der Waals surface area contributed by atoms with E-state index >= 15 is 0 Å². The number of halogens is 2. The van der Waals surface area contributed by atoms with Crippen LogP contribution in [-0.2, 0) is 6.61 Å². The summed E-state index contributed by atoms with van der Waals surface area (Å²) in [6, 6.07) is 11.8. The third kappa shape index (κ3) is 2.76. The highest BCUT2D eigenvalue weighted by Crippen LogP contribution is 2.31. The highest BCUT2D eigenvalue weighted by Gasteiger charge is 2.11. The molecule has 0 unspecified atom stereocenters. The molecule has 0 aliphatic carbocycles. The first-order valence-electron chi connectivity index (χ1n) is 5.03. The molecule has 2 rings (SSSR count). The van der Waals surface area contributed by atoms with E-state index in [4.69, 9.17) is 9.84 Å². The Kier molecular flexibility index (Phi) is 3.96. The highest BCUT2D eigenvalue weighted by atomic mass is 127. The Bertz CT molecular complexity index is 529. The molecule has 2 aromatic rings. The number of aliphatic hydroxyl groups is 1. The molecule has 4 heteroatoms. The van der Waals surface area contributed by atoms with Gasteiger partial charge in [0, 0.05) is 5.56 Å². The van der Waals surface area contributed by atoms with E-state index in [9.17, 15) is 4.39 Å². The molecule has 0 aliphatic rings. The van der Waals surface area contributed by atoms with E-state index in [0.29, 0.717) is 11.3 Å². The SMILES string of the molecule is OCc1cccc(F)c1Oc1ccccc1I. The minimum absolute atomic E-state index is 0.0825. The molecule has 0 saturated heterocycles. The Balaban J connectivity index is 2.39. The molecule has 0 saturated carbocycles. The lowest BCUT2D eigenvalue weighted by Gasteiger charge is -2.11. The Morgan fingerprint density at radius 1 is 1.12 bits per heavy atom. The molecule has 0 bridgehead atoms. The van der Waals surface area contributed by atoms with Crippen LogP contribution in [0.5, 0.6) is 11.5 Å². The van der Waals surface area contributed by atoms with E-state index in [1.165, 1.54) is 6.07 Å². The van der Waals surface area contributed by atoms with Crippen molar-refractivity contribution in [3.05, 3.63) is 57.4 Å². The van der Waals surface area contributed by atoms with Crippen molar-refractivity contribution >= 4 is 22.6 Å². The van der Waals surface area contributed by atoms with Gasteiger partial charge in [0.15, 0.2) is 11.6 Å². The molecular formula is C13H10FIO2. The van der Waals surface area contributed by atoms with Gasteiger partial charge in [0.2, 0.25) is 0 Å². The van der Waals surface area contributed by atoms with Crippen LogP contribution in [0.25, 0.3) is 0 Å². The average molecular weight is 344 g/mol. The predicted molar refractivity (Wildman–Crippen MR) is 71.6 cm³/mol. The van der Waals surface area contributed by atoms with Crippen LogP contribution in [0.2, 0.25) is 0 Å². The van der Waals surface area contributed by atoms with E-state index in [2.05, 4.69) is 22.6 Å². The van der Waals surface area contributed by atoms with Gasteiger partial charge < -0.3 is 9.84 Å². The molecule has 0 aliphatic heterocycles. The van der Waals surface area contributed by atoms with E-state index in [1.807, 2.05) is 18.2 Å². The molecular weight excluding hydrogens is 334 g/mol. The van der Waals surface area contributed by atoms with Crippen LogP contribution in [-0.4, -0.2) is 5.11 Å². The number of benzene rings is 2. The summed E-state index contributed by atoms with van der Waals surface area (Å²) < 4.78 is 20.0. The molecule has 0 amide bonds. The third-order valence-electron chi connectivity index (χ3n) is 2.27. The van der Waals surface area contributed by atoms with Crippen molar-refractivity contribution in [2.45, 2.75) is 6.61 Å². The zero-order valence-corrected chi connectivity index (χ0v) is 11.0. The van der Waals surface area contributed by atoms with E-state index in [0.717, 1.165) is 3.57 Å². The fraction of sp³-hybridized carbons (Fsp3) is 0.0769. The largest absolute Gasteiger partial charge is 0.453 e. The lowest BCUT2D eigenvalue weighted by molar-refractivity contribution is 0.274. The summed E-state index contributed by atoms with van der Waals surface area (Å²) in [5.74, 6) is 0.184. The minimum atomic E-state index is -0.476. The van der Waals surface area contributed by atoms with Crippen LogP contribution in [0.1, 0.15) is 5.56 Å². The van der Waals surface area contributed by atoms with Crippen molar-refractivity contribution in [2.24, 2.45) is 0 Å². The Hall–Kier alpha value is -1.14. The summed E-state index contributed by atoms with van der Waals surface area (Å²) in [4.78, 5) is 0. The molecule has 88 valence electrons. The molecule has 0 heterocycles. The number of ether oxygens (including phenoxy) is 1. The Morgan fingerprint density at radius 3 is 2.59 bits per heavy atom. The van der Waals surface area contributed by atoms with E-state index < -0.39 is 5.82 Å². The topological polar surface area (TPSA) is 29.5 Å². The molecule has 2 nitrogen and oxygen atoms in total. The molecule has 0 spiro atoms. The quantitative estimate of drug-likeness (QED) is 0.861. The smallest absolute Gasteiger partial charge is 0.168 e. The van der Waals surface area contributed by atoms with Crippen molar-refractivity contribution in [3.8, 4) is 11.5 Å². The molecule has 0 radical (unpaired) electrons. The first-order chi connectivity index (χ1) is 8.22. The second kappa shape index (κ2) is 5.46. The van der Waals surface area contributed by atoms with Crippen molar-refractivity contribution in [3.63, 3.8) is 0 Å². The number of rotatable bonds is 3. The van der Waals surface area contributed by atoms with Gasteiger partial charge in [-0.1, -0.05) is 24.3 Å². The van der Waals surface area contributed by atoms with Crippen LogP contribution in [0.3, 0.4) is 0 Å². The normalized spacial score (nSPS) is 10.3. The van der Waals surface area contributed by atoms with E-state index in [1.54, 1.807) is 18.2 Å². The van der Waals surface area contributed by atoms with Gasteiger partial charge in [-0.3, -0.25) is 0 Å². The van der Waals surface area contributed by atoms with Crippen molar-refractivity contribution in [1.82, 2.24) is 0 Å². The van der Waals surface area contributed by atoms with Gasteiger partial charge in [-0.25, -0.2) is 4.39 Å². The predicted octanol–water partition coefficient (Wildman–Crippen LogP) is 3.71. The van der Waals surface area contributed by atoms with Crippen LogP contribution >= 0.6 is 22.6 Å². The second-order valence-corrected chi connectivity index (χ2v) is 4.58. The third-order valence-corrected chi connectivity index (χ3v) is 3.16. The van der Waals surface area contributed by atoms with Crippen molar-refractivity contribution in [1.29, 1.82) is 0 Å². The van der Waals surface area contributed by atoms with Gasteiger partial charge in [-0.2, -0.15) is 0 Å². The molecule has 0 atom stereocenters. The Labute approximate surface area is 112 Å². The molecule has 0 fully saturated rings.